The van der Waals surface area contributed by atoms with Crippen LogP contribution in [0.4, 0.5) is 0 Å². The minimum absolute atomic E-state index is 0.0677. The largest absolute Gasteiger partial charge is 0.481 e. The molecule has 0 fully saturated rings. The Balaban J connectivity index is 2.15. The summed E-state index contributed by atoms with van der Waals surface area (Å²) >= 11 is 0. The fourth-order valence-corrected chi connectivity index (χ4v) is 2.90. The molecule has 1 aliphatic carbocycles. The average molecular weight is 263 g/mol. The zero-order valence-electron chi connectivity index (χ0n) is 11.1. The van der Waals surface area contributed by atoms with Crippen LogP contribution in [0.25, 0.3) is 0 Å². The first-order valence-electron chi connectivity index (χ1n) is 6.87. The van der Waals surface area contributed by atoms with Gasteiger partial charge in [-0.25, -0.2) is 0 Å². The lowest BCUT2D eigenvalue weighted by Gasteiger charge is -2.35. The number of hydrogen-bond donors (Lipinski definition) is 2. The molecule has 0 bridgehead atoms. The number of nitrogens with zero attached hydrogens (tertiary/aromatic N) is 1. The number of hydrogen-bond acceptors (Lipinski definition) is 3. The average Bonchev–Trinajstić information content (AvgIpc) is 2.43. The maximum absolute atomic E-state index is 10.7. The molecule has 0 heterocycles. The minimum Gasteiger partial charge on any atom is -0.481 e. The molecule has 1 aliphatic rings. The van der Waals surface area contributed by atoms with Gasteiger partial charge in [0.1, 0.15) is 0 Å². The van der Waals surface area contributed by atoms with Gasteiger partial charge < -0.3 is 10.2 Å². The van der Waals surface area contributed by atoms with Gasteiger partial charge in [0.2, 0.25) is 0 Å². The van der Waals surface area contributed by atoms with Crippen molar-refractivity contribution in [1.29, 1.82) is 0 Å². The number of carboxylic acid groups (broad SMARTS) is 1. The molecular weight excluding hydrogens is 242 g/mol. The van der Waals surface area contributed by atoms with Gasteiger partial charge in [-0.15, -0.1) is 0 Å². The van der Waals surface area contributed by atoms with Gasteiger partial charge in [0, 0.05) is 19.1 Å². The Labute approximate surface area is 113 Å². The van der Waals surface area contributed by atoms with Gasteiger partial charge in [0.25, 0.3) is 0 Å². The molecule has 1 unspecified atom stereocenters. The van der Waals surface area contributed by atoms with Crippen molar-refractivity contribution in [3.05, 3.63) is 35.4 Å². The zero-order chi connectivity index (χ0) is 13.7. The summed E-state index contributed by atoms with van der Waals surface area (Å²) in [7, 11) is 0. The second-order valence-corrected chi connectivity index (χ2v) is 5.01. The number of benzene rings is 1. The fourth-order valence-electron chi connectivity index (χ4n) is 2.90. The van der Waals surface area contributed by atoms with Gasteiger partial charge >= 0.3 is 5.97 Å². The van der Waals surface area contributed by atoms with Crippen LogP contribution in [0.5, 0.6) is 0 Å². The van der Waals surface area contributed by atoms with Crippen LogP contribution in [-0.4, -0.2) is 40.8 Å². The second kappa shape index (κ2) is 6.68. The van der Waals surface area contributed by atoms with Crippen LogP contribution in [0.1, 0.15) is 36.4 Å². The third-order valence-electron chi connectivity index (χ3n) is 3.78. The highest BCUT2D eigenvalue weighted by atomic mass is 16.4. The highest BCUT2D eigenvalue weighted by Crippen LogP contribution is 2.34. The van der Waals surface area contributed by atoms with Crippen molar-refractivity contribution in [2.24, 2.45) is 0 Å². The molecule has 0 saturated carbocycles. The van der Waals surface area contributed by atoms with E-state index < -0.39 is 5.97 Å². The standard InChI is InChI=1S/C15H21NO3/c17-11-10-16(9-8-15(18)19)14-7-3-5-12-4-1-2-6-13(12)14/h1-2,4,6,14,17H,3,5,7-11H2,(H,18,19). The van der Waals surface area contributed by atoms with Crippen molar-refractivity contribution < 1.29 is 15.0 Å². The predicted molar refractivity (Wildman–Crippen MR) is 73.0 cm³/mol. The Morgan fingerprint density at radius 2 is 2.11 bits per heavy atom. The van der Waals surface area contributed by atoms with Crippen LogP contribution in [0.3, 0.4) is 0 Å². The molecule has 4 nitrogen and oxygen atoms in total. The molecule has 0 radical (unpaired) electrons. The van der Waals surface area contributed by atoms with Gasteiger partial charge in [-0.3, -0.25) is 9.69 Å². The van der Waals surface area contributed by atoms with Gasteiger partial charge in [-0.05, 0) is 30.4 Å². The Kier molecular flexibility index (Phi) is 4.93. The summed E-state index contributed by atoms with van der Waals surface area (Å²) in [4.78, 5) is 12.9. The van der Waals surface area contributed by atoms with Gasteiger partial charge in [0.15, 0.2) is 0 Å². The molecular formula is C15H21NO3. The number of carboxylic acids is 1. The normalized spacial score (nSPS) is 18.3. The molecule has 0 aromatic heterocycles. The quantitative estimate of drug-likeness (QED) is 0.822. The SMILES string of the molecule is O=C(O)CCN(CCO)C1CCCc2ccccc21. The van der Waals surface area contributed by atoms with Gasteiger partial charge in [-0.1, -0.05) is 24.3 Å². The van der Waals surface area contributed by atoms with E-state index in [0.29, 0.717) is 13.1 Å². The highest BCUT2D eigenvalue weighted by Gasteiger charge is 2.25. The smallest absolute Gasteiger partial charge is 0.304 e. The molecule has 2 rings (SSSR count). The van der Waals surface area contributed by atoms with E-state index in [1.54, 1.807) is 0 Å². The highest BCUT2D eigenvalue weighted by molar-refractivity contribution is 5.66. The number of aliphatic carboxylic acids is 1. The van der Waals surface area contributed by atoms with E-state index in [1.807, 2.05) is 6.07 Å². The molecule has 0 saturated heterocycles. The monoisotopic (exact) mass is 263 g/mol. The van der Waals surface area contributed by atoms with Crippen molar-refractivity contribution in [2.75, 3.05) is 19.7 Å². The molecule has 19 heavy (non-hydrogen) atoms. The van der Waals surface area contributed by atoms with Crippen LogP contribution >= 0.6 is 0 Å². The van der Waals surface area contributed by atoms with E-state index in [1.165, 1.54) is 11.1 Å². The van der Waals surface area contributed by atoms with Crippen molar-refractivity contribution in [1.82, 2.24) is 4.90 Å². The number of aryl methyl sites for hydroxylation is 1. The first-order chi connectivity index (χ1) is 9.22. The molecule has 0 aliphatic heterocycles. The summed E-state index contributed by atoms with van der Waals surface area (Å²) in [6.45, 7) is 1.10. The lowest BCUT2D eigenvalue weighted by molar-refractivity contribution is -0.137. The molecule has 4 heteroatoms. The Bertz CT molecular complexity index is 433. The minimum atomic E-state index is -0.785. The molecule has 1 atom stereocenters. The molecule has 104 valence electrons. The number of aliphatic hydroxyl groups is 1. The summed E-state index contributed by atoms with van der Waals surface area (Å²) in [6, 6.07) is 8.61. The van der Waals surface area contributed by atoms with E-state index in [9.17, 15) is 9.90 Å². The molecule has 0 spiro atoms. The van der Waals surface area contributed by atoms with Crippen molar-refractivity contribution in [3.63, 3.8) is 0 Å². The maximum Gasteiger partial charge on any atom is 0.304 e. The van der Waals surface area contributed by atoms with Crippen molar-refractivity contribution in [2.45, 2.75) is 31.7 Å². The van der Waals surface area contributed by atoms with E-state index >= 15 is 0 Å². The molecule has 1 aromatic carbocycles. The molecule has 1 aromatic rings. The summed E-state index contributed by atoms with van der Waals surface area (Å²) in [5.74, 6) is -0.785. The lowest BCUT2D eigenvalue weighted by atomic mass is 9.86. The van der Waals surface area contributed by atoms with Crippen LogP contribution in [0.15, 0.2) is 24.3 Å². The summed E-state index contributed by atoms with van der Waals surface area (Å²) in [5.41, 5.74) is 2.66. The fraction of sp³-hybridized carbons (Fsp3) is 0.533. The van der Waals surface area contributed by atoms with Crippen molar-refractivity contribution >= 4 is 5.97 Å². The predicted octanol–water partition coefficient (Wildman–Crippen LogP) is 1.83. The first-order valence-corrected chi connectivity index (χ1v) is 6.87. The third-order valence-corrected chi connectivity index (χ3v) is 3.78. The summed E-state index contributed by atoms with van der Waals surface area (Å²) in [6.07, 6.45) is 3.38. The van der Waals surface area contributed by atoms with Crippen molar-refractivity contribution in [3.8, 4) is 0 Å². The van der Waals surface area contributed by atoms with Gasteiger partial charge in [-0.2, -0.15) is 0 Å². The first kappa shape index (κ1) is 14.0. The van der Waals surface area contributed by atoms with Crippen LogP contribution in [0.2, 0.25) is 0 Å². The number of rotatable bonds is 6. The number of aliphatic hydroxyl groups excluding tert-OH is 1. The van der Waals surface area contributed by atoms with Crippen LogP contribution < -0.4 is 0 Å². The Morgan fingerprint density at radius 1 is 1.32 bits per heavy atom. The van der Waals surface area contributed by atoms with E-state index in [4.69, 9.17) is 5.11 Å². The van der Waals surface area contributed by atoms with Crippen LogP contribution in [-0.2, 0) is 11.2 Å². The van der Waals surface area contributed by atoms with Gasteiger partial charge in [0.05, 0.1) is 13.0 Å². The molecule has 0 amide bonds. The Morgan fingerprint density at radius 3 is 2.84 bits per heavy atom. The number of carbonyl (C=O) groups is 1. The Hall–Kier alpha value is -1.39. The third kappa shape index (κ3) is 3.55. The van der Waals surface area contributed by atoms with Crippen LogP contribution in [0, 0.1) is 0 Å². The summed E-state index contributed by atoms with van der Waals surface area (Å²) in [5, 5.41) is 18.0. The van der Waals surface area contributed by atoms with E-state index in [-0.39, 0.29) is 19.1 Å². The molecule has 2 N–H and O–H groups in total. The zero-order valence-corrected chi connectivity index (χ0v) is 11.1. The topological polar surface area (TPSA) is 60.8 Å². The lowest BCUT2D eigenvalue weighted by Crippen LogP contribution is -2.35. The summed E-state index contributed by atoms with van der Waals surface area (Å²) < 4.78 is 0. The maximum atomic E-state index is 10.7. The van der Waals surface area contributed by atoms with E-state index in [0.717, 1.165) is 19.3 Å². The second-order valence-electron chi connectivity index (χ2n) is 5.01. The number of fused-ring (bicyclic) bond motifs is 1. The van der Waals surface area contributed by atoms with E-state index in [2.05, 4.69) is 23.1 Å².